The van der Waals surface area contributed by atoms with Crippen molar-refractivity contribution in [2.24, 2.45) is 0 Å². The number of anilines is 1. The van der Waals surface area contributed by atoms with E-state index < -0.39 is 0 Å². The molecule has 4 heteroatoms. The summed E-state index contributed by atoms with van der Waals surface area (Å²) >= 11 is 0. The molecule has 1 N–H and O–H groups in total. The first-order valence-electron chi connectivity index (χ1n) is 6.97. The number of hydrogen-bond acceptors (Lipinski definition) is 4. The zero-order valence-electron chi connectivity index (χ0n) is 11.6. The maximum atomic E-state index is 5.87. The van der Waals surface area contributed by atoms with Gasteiger partial charge in [0.1, 0.15) is 5.75 Å². The third-order valence-corrected chi connectivity index (χ3v) is 3.13. The van der Waals surface area contributed by atoms with Gasteiger partial charge in [0.05, 0.1) is 12.8 Å². The van der Waals surface area contributed by atoms with E-state index in [-0.39, 0.29) is 0 Å². The smallest absolute Gasteiger partial charge is 0.223 e. The fraction of sp³-hybridized carbons (Fsp3) is 0.176. The van der Waals surface area contributed by atoms with E-state index in [0.29, 0.717) is 12.6 Å². The average molecular weight is 278 g/mol. The van der Waals surface area contributed by atoms with Crippen molar-refractivity contribution in [3.63, 3.8) is 0 Å². The van der Waals surface area contributed by atoms with Crippen molar-refractivity contribution in [2.45, 2.75) is 6.42 Å². The van der Waals surface area contributed by atoms with Crippen molar-refractivity contribution in [3.8, 4) is 5.75 Å². The predicted molar refractivity (Wildman–Crippen MR) is 83.4 cm³/mol. The standard InChI is InChI=1S/C17H16N3O/c1-2-8-15-14(6-1)7-3-9-16(15)21-13-5-12-20-17-18-10-4-11-19-17/h1-4,6-10H,5,12-13H2,(H,18,19,20). The molecular weight excluding hydrogens is 262 g/mol. The summed E-state index contributed by atoms with van der Waals surface area (Å²) in [7, 11) is 0. The normalized spacial score (nSPS) is 10.5. The van der Waals surface area contributed by atoms with Crippen LogP contribution in [0, 0.1) is 6.20 Å². The molecule has 0 bridgehead atoms. The summed E-state index contributed by atoms with van der Waals surface area (Å²) in [6.45, 7) is 1.42. The summed E-state index contributed by atoms with van der Waals surface area (Å²) < 4.78 is 5.87. The number of nitrogens with zero attached hydrogens (tertiary/aromatic N) is 2. The van der Waals surface area contributed by atoms with Crippen LogP contribution < -0.4 is 10.1 Å². The van der Waals surface area contributed by atoms with Crippen LogP contribution in [0.25, 0.3) is 10.8 Å². The lowest BCUT2D eigenvalue weighted by Crippen LogP contribution is -2.09. The van der Waals surface area contributed by atoms with Crippen LogP contribution in [0.5, 0.6) is 5.75 Å². The maximum Gasteiger partial charge on any atom is 0.223 e. The molecule has 0 aliphatic carbocycles. The maximum absolute atomic E-state index is 5.87. The van der Waals surface area contributed by atoms with E-state index in [4.69, 9.17) is 4.74 Å². The van der Waals surface area contributed by atoms with Crippen molar-refractivity contribution in [3.05, 3.63) is 60.9 Å². The molecule has 3 aromatic rings. The topological polar surface area (TPSA) is 47.0 Å². The van der Waals surface area contributed by atoms with Crippen molar-refractivity contribution >= 4 is 16.7 Å². The molecule has 0 amide bonds. The van der Waals surface area contributed by atoms with Gasteiger partial charge in [0.15, 0.2) is 0 Å². The molecule has 1 aromatic heterocycles. The van der Waals surface area contributed by atoms with Gasteiger partial charge < -0.3 is 10.1 Å². The highest BCUT2D eigenvalue weighted by atomic mass is 16.5. The van der Waals surface area contributed by atoms with Gasteiger partial charge in [-0.2, -0.15) is 0 Å². The Balaban J connectivity index is 1.51. The molecule has 0 saturated carbocycles. The molecule has 1 radical (unpaired) electrons. The van der Waals surface area contributed by atoms with Gasteiger partial charge in [0.2, 0.25) is 5.95 Å². The predicted octanol–water partition coefficient (Wildman–Crippen LogP) is 3.31. The Morgan fingerprint density at radius 3 is 2.90 bits per heavy atom. The second-order valence-corrected chi connectivity index (χ2v) is 4.62. The quantitative estimate of drug-likeness (QED) is 0.703. The van der Waals surface area contributed by atoms with Crippen LogP contribution in [0.2, 0.25) is 0 Å². The van der Waals surface area contributed by atoms with Gasteiger partial charge in [-0.25, -0.2) is 9.97 Å². The molecule has 0 fully saturated rings. The first-order valence-corrected chi connectivity index (χ1v) is 6.97. The van der Waals surface area contributed by atoms with Crippen molar-refractivity contribution in [2.75, 3.05) is 18.5 Å². The lowest BCUT2D eigenvalue weighted by molar-refractivity contribution is 0.318. The minimum absolute atomic E-state index is 0.600. The summed E-state index contributed by atoms with van der Waals surface area (Å²) in [5, 5.41) is 5.48. The Bertz CT molecular complexity index is 695. The van der Waals surface area contributed by atoms with Gasteiger partial charge in [-0.1, -0.05) is 36.4 Å². The van der Waals surface area contributed by atoms with Gasteiger partial charge in [0, 0.05) is 18.1 Å². The molecule has 1 heterocycles. The fourth-order valence-corrected chi connectivity index (χ4v) is 2.13. The van der Waals surface area contributed by atoms with Gasteiger partial charge in [-0.15, -0.1) is 0 Å². The van der Waals surface area contributed by atoms with E-state index in [1.807, 2.05) is 24.3 Å². The van der Waals surface area contributed by atoms with Gasteiger partial charge >= 0.3 is 0 Å². The van der Waals surface area contributed by atoms with Gasteiger partial charge in [-0.3, -0.25) is 0 Å². The highest BCUT2D eigenvalue weighted by molar-refractivity contribution is 5.88. The Morgan fingerprint density at radius 2 is 2.00 bits per heavy atom. The Kier molecular flexibility index (Phi) is 4.27. The van der Waals surface area contributed by atoms with E-state index in [1.165, 1.54) is 5.39 Å². The molecule has 0 aliphatic heterocycles. The number of rotatable bonds is 6. The third kappa shape index (κ3) is 3.48. The fourth-order valence-electron chi connectivity index (χ4n) is 2.13. The first-order chi connectivity index (χ1) is 10.4. The average Bonchev–Trinajstić information content (AvgIpc) is 2.56. The summed E-state index contributed by atoms with van der Waals surface area (Å²) in [6, 6.07) is 16.0. The monoisotopic (exact) mass is 278 g/mol. The van der Waals surface area contributed by atoms with Crippen LogP contribution in [-0.2, 0) is 0 Å². The second-order valence-electron chi connectivity index (χ2n) is 4.62. The molecule has 0 atom stereocenters. The van der Waals surface area contributed by atoms with Crippen LogP contribution in [0.15, 0.2) is 54.7 Å². The zero-order chi connectivity index (χ0) is 14.3. The molecule has 2 aromatic carbocycles. The number of aromatic nitrogens is 2. The second kappa shape index (κ2) is 6.70. The number of ether oxygens (including phenoxy) is 1. The minimum Gasteiger partial charge on any atom is -0.493 e. The first kappa shape index (κ1) is 13.4. The van der Waals surface area contributed by atoms with Crippen molar-refractivity contribution in [1.29, 1.82) is 0 Å². The van der Waals surface area contributed by atoms with Crippen LogP contribution in [0.3, 0.4) is 0 Å². The molecule has 0 aliphatic rings. The van der Waals surface area contributed by atoms with Crippen LogP contribution >= 0.6 is 0 Å². The molecular formula is C17H16N3O. The Labute approximate surface area is 123 Å². The van der Waals surface area contributed by atoms with Crippen LogP contribution in [0.1, 0.15) is 6.42 Å². The van der Waals surface area contributed by atoms with E-state index in [2.05, 4.69) is 39.7 Å². The molecule has 0 saturated heterocycles. The highest BCUT2D eigenvalue weighted by Crippen LogP contribution is 2.25. The van der Waals surface area contributed by atoms with E-state index in [9.17, 15) is 0 Å². The van der Waals surface area contributed by atoms with E-state index in [1.54, 1.807) is 12.3 Å². The summed E-state index contributed by atoms with van der Waals surface area (Å²) in [5.74, 6) is 1.53. The SMILES string of the molecule is [c]1ccnc(NCCCOc2cccc3ccccc23)n1. The van der Waals surface area contributed by atoms with Crippen molar-refractivity contribution in [1.82, 2.24) is 9.97 Å². The van der Waals surface area contributed by atoms with Gasteiger partial charge in [0.25, 0.3) is 0 Å². The lowest BCUT2D eigenvalue weighted by atomic mass is 10.1. The lowest BCUT2D eigenvalue weighted by Gasteiger charge is -2.09. The Hall–Kier alpha value is -2.62. The number of benzene rings is 2. The number of fused-ring (bicyclic) bond motifs is 1. The Morgan fingerprint density at radius 1 is 1.10 bits per heavy atom. The van der Waals surface area contributed by atoms with Crippen LogP contribution in [-0.4, -0.2) is 23.1 Å². The molecule has 0 unspecified atom stereocenters. The molecule has 0 spiro atoms. The minimum atomic E-state index is 0.600. The van der Waals surface area contributed by atoms with Gasteiger partial charge in [-0.05, 0) is 23.9 Å². The van der Waals surface area contributed by atoms with E-state index >= 15 is 0 Å². The summed E-state index contributed by atoms with van der Waals surface area (Å²) in [4.78, 5) is 8.07. The molecule has 105 valence electrons. The molecule has 3 rings (SSSR count). The summed E-state index contributed by atoms with van der Waals surface area (Å²) in [6.07, 6.45) is 5.29. The highest BCUT2D eigenvalue weighted by Gasteiger charge is 2.00. The third-order valence-electron chi connectivity index (χ3n) is 3.13. The van der Waals surface area contributed by atoms with Crippen molar-refractivity contribution < 1.29 is 4.74 Å². The number of hydrogen-bond donors (Lipinski definition) is 1. The summed E-state index contributed by atoms with van der Waals surface area (Å²) in [5.41, 5.74) is 0. The zero-order valence-corrected chi connectivity index (χ0v) is 11.6. The molecule has 4 nitrogen and oxygen atoms in total. The van der Waals surface area contributed by atoms with E-state index in [0.717, 1.165) is 24.1 Å². The largest absolute Gasteiger partial charge is 0.493 e. The molecule has 21 heavy (non-hydrogen) atoms. The van der Waals surface area contributed by atoms with Crippen LogP contribution in [0.4, 0.5) is 5.95 Å². The number of nitrogens with one attached hydrogen (secondary N) is 1.